The highest BCUT2D eigenvalue weighted by Gasteiger charge is 2.23. The molecule has 15 heavy (non-hydrogen) atoms. The van der Waals surface area contributed by atoms with E-state index < -0.39 is 12.4 Å². The van der Waals surface area contributed by atoms with Gasteiger partial charge < -0.3 is 14.7 Å². The molecule has 1 N–H and O–H groups in total. The summed E-state index contributed by atoms with van der Waals surface area (Å²) in [6.07, 6.45) is 1.41. The number of likely N-dealkylation sites (tertiary alicyclic amines) is 1. The van der Waals surface area contributed by atoms with Gasteiger partial charge in [0.25, 0.3) is 0 Å². The number of rotatable bonds is 4. The van der Waals surface area contributed by atoms with Gasteiger partial charge in [-0.05, 0) is 18.8 Å². The fourth-order valence-corrected chi connectivity index (χ4v) is 1.83. The van der Waals surface area contributed by atoms with E-state index in [1.165, 1.54) is 0 Å². The van der Waals surface area contributed by atoms with Gasteiger partial charge >= 0.3 is 5.97 Å². The molecule has 0 bridgehead atoms. The lowest BCUT2D eigenvalue weighted by Crippen LogP contribution is -2.40. The maximum absolute atomic E-state index is 11.4. The minimum absolute atomic E-state index is 0.279. The number of carbonyl (C=O) groups is 2. The van der Waals surface area contributed by atoms with Crippen molar-refractivity contribution in [1.82, 2.24) is 4.90 Å². The smallest absolute Gasteiger partial charge is 0.312 e. The predicted molar refractivity (Wildman–Crippen MR) is 53.4 cm³/mol. The van der Waals surface area contributed by atoms with Crippen LogP contribution in [-0.4, -0.2) is 48.7 Å². The van der Waals surface area contributed by atoms with Crippen LogP contribution >= 0.6 is 0 Å². The number of hydrogen-bond donors (Lipinski definition) is 1. The monoisotopic (exact) mass is 215 g/mol. The Bertz CT molecular complexity index is 234. The zero-order valence-corrected chi connectivity index (χ0v) is 8.94. The Balaban J connectivity index is 2.30. The minimum atomic E-state index is -1.06. The van der Waals surface area contributed by atoms with Gasteiger partial charge in [0.2, 0.25) is 5.91 Å². The van der Waals surface area contributed by atoms with Crippen LogP contribution in [0.5, 0.6) is 0 Å². The molecule has 0 aromatic carbocycles. The molecule has 0 aliphatic carbocycles. The molecule has 0 spiro atoms. The van der Waals surface area contributed by atoms with Gasteiger partial charge in [0.05, 0.1) is 0 Å². The third-order valence-corrected chi connectivity index (χ3v) is 2.67. The summed E-state index contributed by atoms with van der Waals surface area (Å²) in [7, 11) is 1.67. The van der Waals surface area contributed by atoms with Crippen LogP contribution in [0.4, 0.5) is 0 Å². The summed E-state index contributed by atoms with van der Waals surface area (Å²) in [6, 6.07) is 0. The van der Waals surface area contributed by atoms with Gasteiger partial charge in [0.15, 0.2) is 0 Å². The van der Waals surface area contributed by atoms with E-state index in [1.54, 1.807) is 12.0 Å². The van der Waals surface area contributed by atoms with Crippen LogP contribution in [0.25, 0.3) is 0 Å². The molecule has 5 heteroatoms. The predicted octanol–water partition coefficient (Wildman–Crippen LogP) is 0.346. The number of aliphatic carboxylic acids is 1. The minimum Gasteiger partial charge on any atom is -0.481 e. The van der Waals surface area contributed by atoms with Gasteiger partial charge in [-0.1, -0.05) is 0 Å². The molecule has 5 nitrogen and oxygen atoms in total. The third kappa shape index (κ3) is 3.87. The Morgan fingerprint density at radius 2 is 2.00 bits per heavy atom. The van der Waals surface area contributed by atoms with Gasteiger partial charge in [-0.2, -0.15) is 0 Å². The van der Waals surface area contributed by atoms with E-state index >= 15 is 0 Å². The lowest BCUT2D eigenvalue weighted by Gasteiger charge is -2.31. The quantitative estimate of drug-likeness (QED) is 0.687. The number of amides is 1. The summed E-state index contributed by atoms with van der Waals surface area (Å²) in [5, 5.41) is 8.48. The second-order valence-electron chi connectivity index (χ2n) is 3.85. The number of methoxy groups -OCH3 is 1. The van der Waals surface area contributed by atoms with Crippen molar-refractivity contribution in [2.75, 3.05) is 26.8 Å². The van der Waals surface area contributed by atoms with Crippen molar-refractivity contribution in [1.29, 1.82) is 0 Å². The zero-order chi connectivity index (χ0) is 11.3. The van der Waals surface area contributed by atoms with Crippen molar-refractivity contribution in [3.63, 3.8) is 0 Å². The Hall–Kier alpha value is -1.10. The van der Waals surface area contributed by atoms with Crippen LogP contribution in [0.2, 0.25) is 0 Å². The second kappa shape index (κ2) is 5.70. The molecule has 0 saturated carbocycles. The molecule has 1 fully saturated rings. The SMILES string of the molecule is COCC1CCN(C(=O)CC(=O)O)CC1. The molecule has 1 aliphatic rings. The summed E-state index contributed by atoms with van der Waals surface area (Å²) in [4.78, 5) is 23.4. The maximum Gasteiger partial charge on any atom is 0.312 e. The van der Waals surface area contributed by atoms with E-state index in [4.69, 9.17) is 9.84 Å². The van der Waals surface area contributed by atoms with Gasteiger partial charge in [0.1, 0.15) is 6.42 Å². The van der Waals surface area contributed by atoms with E-state index in [9.17, 15) is 9.59 Å². The maximum atomic E-state index is 11.4. The van der Waals surface area contributed by atoms with Crippen LogP contribution in [0.3, 0.4) is 0 Å². The van der Waals surface area contributed by atoms with Crippen molar-refractivity contribution in [2.45, 2.75) is 19.3 Å². The van der Waals surface area contributed by atoms with E-state index in [-0.39, 0.29) is 5.91 Å². The number of piperidine rings is 1. The number of carboxylic acid groups (broad SMARTS) is 1. The molecule has 1 saturated heterocycles. The first kappa shape index (κ1) is 12.0. The number of carbonyl (C=O) groups excluding carboxylic acids is 1. The van der Waals surface area contributed by atoms with Gasteiger partial charge in [-0.3, -0.25) is 9.59 Å². The van der Waals surface area contributed by atoms with Crippen molar-refractivity contribution < 1.29 is 19.4 Å². The molecule has 0 unspecified atom stereocenters. The summed E-state index contributed by atoms with van der Waals surface area (Å²) in [5.74, 6) is -0.832. The van der Waals surface area contributed by atoms with Crippen LogP contribution in [0.15, 0.2) is 0 Å². The zero-order valence-electron chi connectivity index (χ0n) is 8.94. The number of nitrogens with zero attached hydrogens (tertiary/aromatic N) is 1. The topological polar surface area (TPSA) is 66.8 Å². The lowest BCUT2D eigenvalue weighted by atomic mass is 9.97. The molecule has 86 valence electrons. The Kier molecular flexibility index (Phi) is 4.55. The molecule has 1 amide bonds. The Labute approximate surface area is 89.0 Å². The van der Waals surface area contributed by atoms with Crippen molar-refractivity contribution >= 4 is 11.9 Å². The largest absolute Gasteiger partial charge is 0.481 e. The molecule has 1 heterocycles. The van der Waals surface area contributed by atoms with Crippen molar-refractivity contribution in [3.05, 3.63) is 0 Å². The van der Waals surface area contributed by atoms with E-state index in [1.807, 2.05) is 0 Å². The molecule has 0 aromatic rings. The van der Waals surface area contributed by atoms with E-state index in [2.05, 4.69) is 0 Å². The van der Waals surface area contributed by atoms with Crippen molar-refractivity contribution in [2.24, 2.45) is 5.92 Å². The van der Waals surface area contributed by atoms with Crippen LogP contribution in [0, 0.1) is 5.92 Å². The van der Waals surface area contributed by atoms with E-state index in [0.29, 0.717) is 19.0 Å². The molecular formula is C10H17NO4. The second-order valence-corrected chi connectivity index (χ2v) is 3.85. The van der Waals surface area contributed by atoms with Gasteiger partial charge in [-0.25, -0.2) is 0 Å². The molecule has 1 aliphatic heterocycles. The van der Waals surface area contributed by atoms with Gasteiger partial charge in [-0.15, -0.1) is 0 Å². The Morgan fingerprint density at radius 1 is 1.40 bits per heavy atom. The number of carboxylic acids is 1. The first-order valence-corrected chi connectivity index (χ1v) is 5.12. The summed E-state index contributed by atoms with van der Waals surface area (Å²) in [5.41, 5.74) is 0. The lowest BCUT2D eigenvalue weighted by molar-refractivity contribution is -0.144. The summed E-state index contributed by atoms with van der Waals surface area (Å²) >= 11 is 0. The molecular weight excluding hydrogens is 198 g/mol. The molecule has 0 radical (unpaired) electrons. The summed E-state index contributed by atoms with van der Waals surface area (Å²) in [6.45, 7) is 2.03. The molecule has 0 aromatic heterocycles. The summed E-state index contributed by atoms with van der Waals surface area (Å²) < 4.78 is 5.04. The van der Waals surface area contributed by atoms with E-state index in [0.717, 1.165) is 19.4 Å². The number of hydrogen-bond acceptors (Lipinski definition) is 3. The average Bonchev–Trinajstić information content (AvgIpc) is 2.18. The fourth-order valence-electron chi connectivity index (χ4n) is 1.83. The standard InChI is InChI=1S/C10H17NO4/c1-15-7-8-2-4-11(5-3-8)9(12)6-10(13)14/h8H,2-7H2,1H3,(H,13,14). The van der Waals surface area contributed by atoms with Crippen molar-refractivity contribution in [3.8, 4) is 0 Å². The normalized spacial score (nSPS) is 17.8. The first-order chi connectivity index (χ1) is 7.13. The van der Waals surface area contributed by atoms with Crippen LogP contribution in [-0.2, 0) is 14.3 Å². The highest BCUT2D eigenvalue weighted by atomic mass is 16.5. The van der Waals surface area contributed by atoms with Crippen LogP contribution < -0.4 is 0 Å². The van der Waals surface area contributed by atoms with Crippen LogP contribution in [0.1, 0.15) is 19.3 Å². The highest BCUT2D eigenvalue weighted by Crippen LogP contribution is 2.17. The Morgan fingerprint density at radius 3 is 2.47 bits per heavy atom. The average molecular weight is 215 g/mol. The van der Waals surface area contributed by atoms with Gasteiger partial charge in [0, 0.05) is 26.8 Å². The highest BCUT2D eigenvalue weighted by molar-refractivity contribution is 5.93. The first-order valence-electron chi connectivity index (χ1n) is 5.12. The number of ether oxygens (including phenoxy) is 1. The fraction of sp³-hybridized carbons (Fsp3) is 0.800. The third-order valence-electron chi connectivity index (χ3n) is 2.67. The molecule has 1 rings (SSSR count). The molecule has 0 atom stereocenters.